The molecule has 6 nitrogen and oxygen atoms in total. The highest BCUT2D eigenvalue weighted by atomic mass is 127. The number of carbonyl (C=O) groups is 1. The Kier molecular flexibility index (Phi) is 6.49. The van der Waals surface area contributed by atoms with Crippen LogP contribution in [0.2, 0.25) is 0 Å². The number of Topliss-reactive ketones (excluding diaryl/α,β-unsaturated/α-hetero) is 1. The van der Waals surface area contributed by atoms with Crippen LogP contribution in [0.4, 0.5) is 0 Å². The number of nitrogens with zero attached hydrogens (tertiary/aromatic N) is 3. The number of rotatable bonds is 6. The molecule has 2 aromatic heterocycles. The van der Waals surface area contributed by atoms with Crippen LogP contribution >= 0.6 is 22.6 Å². The SMILES string of the molecule is CCOC[C@@]1(O)CC[C@H]2[C@@H](CC[C@@H]3[C@@H]2CC[C@]2(I)[C@@H](C(=O)Cn4ncc5ccncc54)CC[C@@H]32)C1. The average molecular weight is 592 g/mol. The average Bonchev–Trinajstić information content (AvgIpc) is 3.43. The van der Waals surface area contributed by atoms with Gasteiger partial charge in [0.05, 0.1) is 30.1 Å². The first kappa shape index (κ1) is 24.3. The molecule has 0 saturated heterocycles. The van der Waals surface area contributed by atoms with Crippen LogP contribution in [0.1, 0.15) is 64.7 Å². The number of alkyl halides is 1. The quantitative estimate of drug-likeness (QED) is 0.369. The number of hydrogen-bond donors (Lipinski definition) is 1. The Morgan fingerprint density at radius 3 is 2.86 bits per heavy atom. The van der Waals surface area contributed by atoms with Crippen LogP contribution in [-0.2, 0) is 16.1 Å². The topological polar surface area (TPSA) is 77.2 Å². The Morgan fingerprint density at radius 2 is 2.00 bits per heavy atom. The smallest absolute Gasteiger partial charge is 0.158 e. The predicted molar refractivity (Wildman–Crippen MR) is 143 cm³/mol. The zero-order valence-corrected chi connectivity index (χ0v) is 22.9. The highest BCUT2D eigenvalue weighted by molar-refractivity contribution is 14.1. The summed E-state index contributed by atoms with van der Waals surface area (Å²) in [6.07, 6.45) is 15.5. The van der Waals surface area contributed by atoms with Crippen molar-refractivity contribution in [2.24, 2.45) is 35.5 Å². The molecule has 2 aromatic rings. The zero-order chi connectivity index (χ0) is 24.2. The van der Waals surface area contributed by atoms with E-state index in [-0.39, 0.29) is 9.34 Å². The van der Waals surface area contributed by atoms with Crippen LogP contribution in [0, 0.1) is 35.5 Å². The molecule has 0 aliphatic heterocycles. The standard InChI is InChI=1S/C28H38IN3O3/c1-2-35-17-27(34)10-7-20-18(13-27)3-4-22-21(20)8-11-28(29)23(22)5-6-24(28)26(33)16-32-25-15-30-12-9-19(25)14-31-32/h9,12,14-15,18,20-24,34H,2-8,10-11,13,16-17H2,1H3/t18-,20-,21+,22+,23-,24+,27+,28+/m0/s1. The van der Waals surface area contributed by atoms with Gasteiger partial charge in [-0.1, -0.05) is 22.6 Å². The summed E-state index contributed by atoms with van der Waals surface area (Å²) in [5, 5.41) is 16.7. The van der Waals surface area contributed by atoms with Crippen LogP contribution < -0.4 is 0 Å². The maximum Gasteiger partial charge on any atom is 0.158 e. The van der Waals surface area contributed by atoms with Crippen molar-refractivity contribution in [2.45, 2.75) is 80.3 Å². The normalized spacial score (nSPS) is 40.8. The Labute approximate surface area is 221 Å². The third-order valence-corrected chi connectivity index (χ3v) is 12.3. The minimum atomic E-state index is -0.622. The number of pyridine rings is 1. The van der Waals surface area contributed by atoms with Crippen LogP contribution in [0.25, 0.3) is 10.9 Å². The van der Waals surface area contributed by atoms with E-state index >= 15 is 0 Å². The minimum absolute atomic E-state index is 0.0917. The number of halogens is 1. The highest BCUT2D eigenvalue weighted by Crippen LogP contribution is 2.64. The number of hydrogen-bond acceptors (Lipinski definition) is 5. The number of fused-ring (bicyclic) bond motifs is 6. The Hall–Kier alpha value is -1.06. The second kappa shape index (κ2) is 9.35. The van der Waals surface area contributed by atoms with E-state index in [1.54, 1.807) is 6.20 Å². The van der Waals surface area contributed by atoms with Gasteiger partial charge in [-0.2, -0.15) is 5.10 Å². The summed E-state index contributed by atoms with van der Waals surface area (Å²) in [5.74, 6) is 4.02. The molecule has 4 saturated carbocycles. The van der Waals surface area contributed by atoms with E-state index < -0.39 is 5.60 Å². The fraction of sp³-hybridized carbons (Fsp3) is 0.750. The van der Waals surface area contributed by atoms with E-state index in [0.717, 1.165) is 60.8 Å². The molecule has 0 unspecified atom stereocenters. The number of aliphatic hydroxyl groups is 1. The van der Waals surface area contributed by atoms with Gasteiger partial charge in [0.1, 0.15) is 6.54 Å². The molecule has 6 rings (SSSR count). The first-order valence-electron chi connectivity index (χ1n) is 13.7. The molecular formula is C28H38IN3O3. The number of carbonyl (C=O) groups excluding carboxylic acids is 1. The van der Waals surface area contributed by atoms with Gasteiger partial charge in [0.2, 0.25) is 0 Å². The molecule has 7 heteroatoms. The predicted octanol–water partition coefficient (Wildman–Crippen LogP) is 5.20. The van der Waals surface area contributed by atoms with Gasteiger partial charge in [0.15, 0.2) is 5.78 Å². The summed E-state index contributed by atoms with van der Waals surface area (Å²) in [6.45, 7) is 3.53. The van der Waals surface area contributed by atoms with E-state index in [1.807, 2.05) is 30.1 Å². The summed E-state index contributed by atoms with van der Waals surface area (Å²) >= 11 is 2.72. The van der Waals surface area contributed by atoms with Crippen molar-refractivity contribution < 1.29 is 14.6 Å². The molecule has 2 heterocycles. The fourth-order valence-electron chi connectivity index (χ4n) is 8.71. The Bertz CT molecular complexity index is 1090. The van der Waals surface area contributed by atoms with Crippen molar-refractivity contribution in [3.05, 3.63) is 24.7 Å². The first-order valence-corrected chi connectivity index (χ1v) is 14.8. The van der Waals surface area contributed by atoms with Crippen molar-refractivity contribution in [3.63, 3.8) is 0 Å². The van der Waals surface area contributed by atoms with E-state index in [4.69, 9.17) is 4.74 Å². The zero-order valence-electron chi connectivity index (χ0n) is 20.7. The second-order valence-corrected chi connectivity index (χ2v) is 13.8. The third kappa shape index (κ3) is 4.17. The highest BCUT2D eigenvalue weighted by Gasteiger charge is 2.60. The van der Waals surface area contributed by atoms with Gasteiger partial charge < -0.3 is 9.84 Å². The fourth-order valence-corrected chi connectivity index (χ4v) is 10.5. The number of ether oxygens (including phenoxy) is 1. The van der Waals surface area contributed by atoms with E-state index in [1.165, 1.54) is 25.7 Å². The Balaban J connectivity index is 1.15. The summed E-state index contributed by atoms with van der Waals surface area (Å²) in [4.78, 5) is 17.9. The molecule has 8 atom stereocenters. The largest absolute Gasteiger partial charge is 0.387 e. The van der Waals surface area contributed by atoms with Gasteiger partial charge in [-0.25, -0.2) is 0 Å². The molecule has 0 spiro atoms. The van der Waals surface area contributed by atoms with Crippen molar-refractivity contribution in [1.82, 2.24) is 14.8 Å². The molecule has 4 fully saturated rings. The monoisotopic (exact) mass is 591 g/mol. The lowest BCUT2D eigenvalue weighted by molar-refractivity contribution is -0.127. The van der Waals surface area contributed by atoms with E-state index in [0.29, 0.717) is 37.4 Å². The lowest BCUT2D eigenvalue weighted by Crippen LogP contribution is -2.53. The minimum Gasteiger partial charge on any atom is -0.387 e. The number of ketones is 1. The van der Waals surface area contributed by atoms with Crippen molar-refractivity contribution >= 4 is 39.3 Å². The molecule has 4 aliphatic rings. The van der Waals surface area contributed by atoms with Gasteiger partial charge in [-0.15, -0.1) is 0 Å². The summed E-state index contributed by atoms with van der Waals surface area (Å²) < 4.78 is 7.57. The lowest BCUT2D eigenvalue weighted by atomic mass is 9.52. The molecule has 4 aliphatic carbocycles. The van der Waals surface area contributed by atoms with E-state index in [2.05, 4.69) is 32.7 Å². The van der Waals surface area contributed by atoms with Gasteiger partial charge >= 0.3 is 0 Å². The maximum atomic E-state index is 13.6. The molecule has 35 heavy (non-hydrogen) atoms. The van der Waals surface area contributed by atoms with Gasteiger partial charge in [-0.05, 0) is 100 Å². The van der Waals surface area contributed by atoms with Crippen molar-refractivity contribution in [3.8, 4) is 0 Å². The molecule has 0 radical (unpaired) electrons. The number of aromatic nitrogens is 3. The van der Waals surface area contributed by atoms with Crippen LogP contribution in [-0.4, -0.2) is 47.9 Å². The van der Waals surface area contributed by atoms with Crippen LogP contribution in [0.5, 0.6) is 0 Å². The summed E-state index contributed by atoms with van der Waals surface area (Å²) in [5.41, 5.74) is 0.324. The van der Waals surface area contributed by atoms with Crippen molar-refractivity contribution in [2.75, 3.05) is 13.2 Å². The van der Waals surface area contributed by atoms with Crippen molar-refractivity contribution in [1.29, 1.82) is 0 Å². The van der Waals surface area contributed by atoms with Gasteiger partial charge in [0.25, 0.3) is 0 Å². The van der Waals surface area contributed by atoms with Gasteiger partial charge in [0, 0.05) is 27.5 Å². The molecular weight excluding hydrogens is 553 g/mol. The molecule has 0 amide bonds. The summed E-state index contributed by atoms with van der Waals surface area (Å²) in [6, 6.07) is 1.95. The lowest BCUT2D eigenvalue weighted by Gasteiger charge is -2.56. The summed E-state index contributed by atoms with van der Waals surface area (Å²) in [7, 11) is 0. The first-order chi connectivity index (χ1) is 16.9. The molecule has 0 bridgehead atoms. The van der Waals surface area contributed by atoms with Crippen LogP contribution in [0.15, 0.2) is 24.7 Å². The maximum absolute atomic E-state index is 13.6. The third-order valence-electron chi connectivity index (χ3n) is 10.2. The molecule has 0 aromatic carbocycles. The van der Waals surface area contributed by atoms with Gasteiger partial charge in [-0.3, -0.25) is 14.5 Å². The van der Waals surface area contributed by atoms with Crippen LogP contribution in [0.3, 0.4) is 0 Å². The second-order valence-electron chi connectivity index (χ2n) is 11.8. The van der Waals surface area contributed by atoms with E-state index in [9.17, 15) is 9.90 Å². The molecule has 190 valence electrons. The Morgan fingerprint density at radius 1 is 1.14 bits per heavy atom. The molecule has 1 N–H and O–H groups in total.